The number of ether oxygens (including phenoxy) is 4. The van der Waals surface area contributed by atoms with Crippen LogP contribution in [-0.4, -0.2) is 96.7 Å². The van der Waals surface area contributed by atoms with E-state index in [1.165, 1.54) is 212 Å². The molecule has 0 spiro atoms. The standard InChI is InChI=1S/C76H148O17P2/c1-6-9-12-15-18-20-22-23-24-25-26-27-28-29-30-31-32-38-42-47-52-57-62-76(81)93-72(66-87-74(79)60-55-50-45-40-37-34-33-36-39-44-48-53-58-69(4)5)68-91-95(84,85)89-64-70(77)63-88-94(82,83)90-67-71(65-86-73(78)59-54-49-43-17-14-11-8-3)92-75(80)61-56-51-46-41-35-21-19-16-13-10-7-2/h69-72,77H,6-68H2,1-5H3,(H,82,83)(H,84,85)/t70-,71+,72+/m0/s1. The van der Waals surface area contributed by atoms with E-state index in [0.717, 1.165) is 109 Å². The second-order valence-corrected chi connectivity index (χ2v) is 30.8. The molecule has 5 atom stereocenters. The van der Waals surface area contributed by atoms with Crippen molar-refractivity contribution in [1.82, 2.24) is 0 Å². The van der Waals surface area contributed by atoms with Crippen molar-refractivity contribution >= 4 is 39.5 Å². The van der Waals surface area contributed by atoms with Crippen LogP contribution in [-0.2, 0) is 65.4 Å². The maximum absolute atomic E-state index is 13.1. The van der Waals surface area contributed by atoms with Gasteiger partial charge in [-0.3, -0.25) is 37.3 Å². The number of aliphatic hydroxyl groups excluding tert-OH is 1. The molecule has 0 saturated carbocycles. The Bertz CT molecular complexity index is 1820. The van der Waals surface area contributed by atoms with Crippen molar-refractivity contribution < 1.29 is 80.2 Å². The summed E-state index contributed by atoms with van der Waals surface area (Å²) in [6, 6.07) is 0. The summed E-state index contributed by atoms with van der Waals surface area (Å²) in [6.45, 7) is 7.25. The average Bonchev–Trinajstić information content (AvgIpc) is 1.25. The minimum absolute atomic E-state index is 0.107. The lowest BCUT2D eigenvalue weighted by molar-refractivity contribution is -0.161. The van der Waals surface area contributed by atoms with Gasteiger partial charge in [0.2, 0.25) is 0 Å². The number of carbonyl (C=O) groups excluding carboxylic acids is 4. The first-order valence-electron chi connectivity index (χ1n) is 39.6. The van der Waals surface area contributed by atoms with E-state index in [1.807, 2.05) is 0 Å². The predicted molar refractivity (Wildman–Crippen MR) is 386 cm³/mol. The quantitative estimate of drug-likeness (QED) is 0.0222. The number of hydrogen-bond donors (Lipinski definition) is 3. The van der Waals surface area contributed by atoms with Gasteiger partial charge >= 0.3 is 39.5 Å². The number of hydrogen-bond acceptors (Lipinski definition) is 15. The highest BCUT2D eigenvalue weighted by Gasteiger charge is 2.30. The lowest BCUT2D eigenvalue weighted by atomic mass is 10.0. The molecule has 0 aliphatic carbocycles. The van der Waals surface area contributed by atoms with Gasteiger partial charge in [0.25, 0.3) is 0 Å². The molecule has 3 N–H and O–H groups in total. The van der Waals surface area contributed by atoms with Gasteiger partial charge in [-0.15, -0.1) is 0 Å². The van der Waals surface area contributed by atoms with E-state index in [1.54, 1.807) is 0 Å². The fourth-order valence-electron chi connectivity index (χ4n) is 11.7. The summed E-state index contributed by atoms with van der Waals surface area (Å²) in [5.74, 6) is -1.34. The van der Waals surface area contributed by atoms with E-state index >= 15 is 0 Å². The van der Waals surface area contributed by atoms with Crippen molar-refractivity contribution in [2.24, 2.45) is 5.92 Å². The molecule has 0 radical (unpaired) electrons. The minimum atomic E-state index is -4.96. The summed E-state index contributed by atoms with van der Waals surface area (Å²) in [6.07, 6.45) is 58.5. The van der Waals surface area contributed by atoms with Gasteiger partial charge in [0.15, 0.2) is 12.2 Å². The molecular formula is C76H148O17P2. The molecule has 0 heterocycles. The second-order valence-electron chi connectivity index (χ2n) is 27.9. The molecule has 2 unspecified atom stereocenters. The van der Waals surface area contributed by atoms with Crippen molar-refractivity contribution in [3.63, 3.8) is 0 Å². The van der Waals surface area contributed by atoms with Gasteiger partial charge in [0.05, 0.1) is 26.4 Å². The summed E-state index contributed by atoms with van der Waals surface area (Å²) in [4.78, 5) is 72.6. The van der Waals surface area contributed by atoms with E-state index in [2.05, 4.69) is 34.6 Å². The van der Waals surface area contributed by atoms with Crippen LogP contribution in [0.4, 0.5) is 0 Å². The first-order chi connectivity index (χ1) is 46.0. The molecule has 0 aliphatic heterocycles. The van der Waals surface area contributed by atoms with Gasteiger partial charge in [-0.05, 0) is 31.6 Å². The normalized spacial score (nSPS) is 13.9. The molecule has 17 nitrogen and oxygen atoms in total. The van der Waals surface area contributed by atoms with Gasteiger partial charge in [-0.2, -0.15) is 0 Å². The third kappa shape index (κ3) is 70.3. The van der Waals surface area contributed by atoms with E-state index in [0.29, 0.717) is 25.7 Å². The van der Waals surface area contributed by atoms with Crippen molar-refractivity contribution in [2.45, 2.75) is 419 Å². The van der Waals surface area contributed by atoms with Crippen molar-refractivity contribution in [3.05, 3.63) is 0 Å². The zero-order valence-electron chi connectivity index (χ0n) is 61.8. The first kappa shape index (κ1) is 93.1. The Balaban J connectivity index is 5.14. The van der Waals surface area contributed by atoms with Crippen molar-refractivity contribution in [2.75, 3.05) is 39.6 Å². The summed E-state index contributed by atoms with van der Waals surface area (Å²) >= 11 is 0. The Hall–Kier alpha value is -1.94. The molecular weight excluding hydrogens is 1250 g/mol. The van der Waals surface area contributed by atoms with Crippen LogP contribution in [0, 0.1) is 5.92 Å². The topological polar surface area (TPSA) is 237 Å². The maximum atomic E-state index is 13.1. The number of carbonyl (C=O) groups is 4. The molecule has 0 aromatic heterocycles. The monoisotopic (exact) mass is 1400 g/mol. The number of aliphatic hydroxyl groups is 1. The highest BCUT2D eigenvalue weighted by molar-refractivity contribution is 7.47. The van der Waals surface area contributed by atoms with Crippen LogP contribution in [0.15, 0.2) is 0 Å². The zero-order valence-corrected chi connectivity index (χ0v) is 63.6. The van der Waals surface area contributed by atoms with E-state index in [9.17, 15) is 43.2 Å². The smallest absolute Gasteiger partial charge is 0.462 e. The third-order valence-electron chi connectivity index (χ3n) is 17.8. The summed E-state index contributed by atoms with van der Waals surface area (Å²) < 4.78 is 68.4. The molecule has 0 saturated heterocycles. The van der Waals surface area contributed by atoms with Crippen LogP contribution < -0.4 is 0 Å². The minimum Gasteiger partial charge on any atom is -0.462 e. The van der Waals surface area contributed by atoms with Crippen LogP contribution in [0.3, 0.4) is 0 Å². The molecule has 0 aromatic rings. The van der Waals surface area contributed by atoms with Gasteiger partial charge in [-0.1, -0.05) is 349 Å². The molecule has 564 valence electrons. The van der Waals surface area contributed by atoms with Crippen LogP contribution >= 0.6 is 15.6 Å². The number of rotatable bonds is 76. The molecule has 0 bridgehead atoms. The van der Waals surface area contributed by atoms with Crippen LogP contribution in [0.25, 0.3) is 0 Å². The Morgan fingerprint density at radius 1 is 0.284 bits per heavy atom. The van der Waals surface area contributed by atoms with Crippen molar-refractivity contribution in [1.29, 1.82) is 0 Å². The van der Waals surface area contributed by atoms with Crippen LogP contribution in [0.2, 0.25) is 0 Å². The van der Waals surface area contributed by atoms with E-state index < -0.39 is 97.5 Å². The van der Waals surface area contributed by atoms with Crippen LogP contribution in [0.5, 0.6) is 0 Å². The van der Waals surface area contributed by atoms with Gasteiger partial charge in [-0.25, -0.2) is 9.13 Å². The van der Waals surface area contributed by atoms with Crippen molar-refractivity contribution in [3.8, 4) is 0 Å². The lowest BCUT2D eigenvalue weighted by Crippen LogP contribution is -2.30. The van der Waals surface area contributed by atoms with E-state index in [4.69, 9.17) is 37.0 Å². The largest absolute Gasteiger partial charge is 0.472 e. The number of phosphoric acid groups is 2. The highest BCUT2D eigenvalue weighted by Crippen LogP contribution is 2.45. The SMILES string of the molecule is CCCCCCCCCCCCCCCCCCCCCCCCC(=O)O[C@H](COC(=O)CCCCCCCCCCCCCCC(C)C)COP(=O)(O)OC[C@@H](O)COP(=O)(O)OC[C@@H](COC(=O)CCCCCCCCC)OC(=O)CCCCCCCCCCCCC. The molecule has 0 rings (SSSR count). The molecule has 0 aliphatic rings. The molecule has 95 heavy (non-hydrogen) atoms. The molecule has 0 amide bonds. The van der Waals surface area contributed by atoms with Gasteiger partial charge in [0, 0.05) is 25.7 Å². The summed E-state index contributed by atoms with van der Waals surface area (Å²) in [7, 11) is -9.90. The number of phosphoric ester groups is 2. The number of unbranched alkanes of at least 4 members (excludes halogenated alkanes) is 48. The first-order valence-corrected chi connectivity index (χ1v) is 42.6. The average molecular weight is 1400 g/mol. The highest BCUT2D eigenvalue weighted by atomic mass is 31.2. The predicted octanol–water partition coefficient (Wildman–Crippen LogP) is 22.5. The molecule has 0 fully saturated rings. The lowest BCUT2D eigenvalue weighted by Gasteiger charge is -2.21. The molecule has 0 aromatic carbocycles. The summed E-state index contributed by atoms with van der Waals surface area (Å²) in [5, 5.41) is 10.6. The Morgan fingerprint density at radius 3 is 0.716 bits per heavy atom. The van der Waals surface area contributed by atoms with Crippen LogP contribution in [0.1, 0.15) is 401 Å². The summed E-state index contributed by atoms with van der Waals surface area (Å²) in [5.41, 5.74) is 0. The van der Waals surface area contributed by atoms with Gasteiger partial charge in [0.1, 0.15) is 19.3 Å². The zero-order chi connectivity index (χ0) is 69.8. The Labute approximate surface area is 581 Å². The second kappa shape index (κ2) is 69.2. The fraction of sp³-hybridized carbons (Fsp3) is 0.947. The fourth-order valence-corrected chi connectivity index (χ4v) is 13.3. The van der Waals surface area contributed by atoms with E-state index in [-0.39, 0.29) is 25.7 Å². The number of esters is 4. The maximum Gasteiger partial charge on any atom is 0.472 e. The Kier molecular flexibility index (Phi) is 67.7. The van der Waals surface area contributed by atoms with Gasteiger partial charge < -0.3 is 33.8 Å². The Morgan fingerprint density at radius 2 is 0.484 bits per heavy atom. The third-order valence-corrected chi connectivity index (χ3v) is 19.7. The molecule has 19 heteroatoms.